The average molecular weight is 210 g/mol. The summed E-state index contributed by atoms with van der Waals surface area (Å²) in [5.74, 6) is 0.819. The molecule has 1 aromatic carbocycles. The first-order valence-corrected chi connectivity index (χ1v) is 4.90. The second-order valence-electron chi connectivity index (χ2n) is 3.24. The maximum atomic E-state index is 5.66. The van der Waals surface area contributed by atoms with Crippen LogP contribution in [0.25, 0.3) is 0 Å². The molecule has 0 aliphatic carbocycles. The topological polar surface area (TPSA) is 56.5 Å². The van der Waals surface area contributed by atoms with Crippen molar-refractivity contribution in [3.05, 3.63) is 23.8 Å². The lowest BCUT2D eigenvalue weighted by atomic mass is 10.2. The molecular weight excluding hydrogens is 192 g/mol. The van der Waals surface area contributed by atoms with Gasteiger partial charge in [0.25, 0.3) is 0 Å². The summed E-state index contributed by atoms with van der Waals surface area (Å²) in [6.07, 6.45) is 0. The first kappa shape index (κ1) is 11.8. The Balaban J connectivity index is 2.52. The van der Waals surface area contributed by atoms with E-state index in [1.54, 1.807) is 14.2 Å². The van der Waals surface area contributed by atoms with Gasteiger partial charge in [-0.3, -0.25) is 0 Å². The number of nitrogen functional groups attached to an aromatic ring is 1. The number of benzene rings is 1. The zero-order chi connectivity index (χ0) is 11.1. The Kier molecular flexibility index (Phi) is 4.93. The van der Waals surface area contributed by atoms with Gasteiger partial charge in [0.05, 0.1) is 13.7 Å². The number of ether oxygens (including phenoxy) is 2. The Hall–Kier alpha value is -1.26. The summed E-state index contributed by atoms with van der Waals surface area (Å²) in [6, 6.07) is 5.66. The van der Waals surface area contributed by atoms with E-state index in [4.69, 9.17) is 15.2 Å². The lowest BCUT2D eigenvalue weighted by Crippen LogP contribution is -2.18. The summed E-state index contributed by atoms with van der Waals surface area (Å²) in [5.41, 5.74) is 7.47. The van der Waals surface area contributed by atoms with Crippen molar-refractivity contribution >= 4 is 5.69 Å². The molecule has 0 saturated heterocycles. The van der Waals surface area contributed by atoms with E-state index in [2.05, 4.69) is 5.32 Å². The first-order chi connectivity index (χ1) is 7.27. The Morgan fingerprint density at radius 3 is 2.80 bits per heavy atom. The van der Waals surface area contributed by atoms with E-state index in [0.717, 1.165) is 24.4 Å². The van der Waals surface area contributed by atoms with Crippen molar-refractivity contribution in [2.45, 2.75) is 6.54 Å². The van der Waals surface area contributed by atoms with Gasteiger partial charge in [-0.05, 0) is 6.07 Å². The molecule has 0 saturated carbocycles. The maximum absolute atomic E-state index is 5.66. The van der Waals surface area contributed by atoms with Crippen LogP contribution in [0.2, 0.25) is 0 Å². The van der Waals surface area contributed by atoms with E-state index in [-0.39, 0.29) is 0 Å². The molecule has 0 bridgehead atoms. The van der Waals surface area contributed by atoms with Crippen molar-refractivity contribution in [2.75, 3.05) is 33.1 Å². The molecule has 4 nitrogen and oxygen atoms in total. The Morgan fingerprint density at radius 2 is 2.13 bits per heavy atom. The third-order valence-electron chi connectivity index (χ3n) is 2.11. The molecule has 0 amide bonds. The quantitative estimate of drug-likeness (QED) is 0.543. The van der Waals surface area contributed by atoms with Crippen molar-refractivity contribution in [1.29, 1.82) is 0 Å². The van der Waals surface area contributed by atoms with Gasteiger partial charge in [-0.1, -0.05) is 6.07 Å². The Labute approximate surface area is 90.4 Å². The summed E-state index contributed by atoms with van der Waals surface area (Å²) in [6.45, 7) is 2.29. The number of methoxy groups -OCH3 is 2. The van der Waals surface area contributed by atoms with Crippen LogP contribution in [-0.4, -0.2) is 27.4 Å². The fourth-order valence-electron chi connectivity index (χ4n) is 1.30. The minimum Gasteiger partial charge on any atom is -0.496 e. The third kappa shape index (κ3) is 3.77. The fraction of sp³-hybridized carbons (Fsp3) is 0.455. The number of nitrogens with two attached hydrogens (primary N) is 1. The maximum Gasteiger partial charge on any atom is 0.125 e. The van der Waals surface area contributed by atoms with Crippen LogP contribution >= 0.6 is 0 Å². The molecule has 0 atom stereocenters. The highest BCUT2D eigenvalue weighted by Crippen LogP contribution is 2.20. The normalized spacial score (nSPS) is 10.3. The molecule has 1 rings (SSSR count). The largest absolute Gasteiger partial charge is 0.496 e. The van der Waals surface area contributed by atoms with Gasteiger partial charge in [0.1, 0.15) is 5.75 Å². The number of anilines is 1. The summed E-state index contributed by atoms with van der Waals surface area (Å²) in [4.78, 5) is 0. The summed E-state index contributed by atoms with van der Waals surface area (Å²) >= 11 is 0. The third-order valence-corrected chi connectivity index (χ3v) is 2.11. The Bertz CT molecular complexity index is 303. The van der Waals surface area contributed by atoms with Crippen LogP contribution in [0.5, 0.6) is 5.75 Å². The highest BCUT2D eigenvalue weighted by atomic mass is 16.5. The predicted octanol–water partition coefficient (Wildman–Crippen LogP) is 1.01. The van der Waals surface area contributed by atoms with Crippen molar-refractivity contribution in [3.63, 3.8) is 0 Å². The van der Waals surface area contributed by atoms with E-state index in [0.29, 0.717) is 12.3 Å². The van der Waals surface area contributed by atoms with E-state index >= 15 is 0 Å². The van der Waals surface area contributed by atoms with E-state index in [9.17, 15) is 0 Å². The minimum atomic E-state index is 0.706. The Morgan fingerprint density at radius 1 is 1.33 bits per heavy atom. The molecule has 4 heteroatoms. The second kappa shape index (κ2) is 6.27. The molecule has 0 aliphatic heterocycles. The van der Waals surface area contributed by atoms with Crippen LogP contribution in [0.4, 0.5) is 5.69 Å². The smallest absolute Gasteiger partial charge is 0.125 e. The summed E-state index contributed by atoms with van der Waals surface area (Å²) in [5, 5.41) is 3.25. The molecule has 0 spiro atoms. The molecule has 0 radical (unpaired) electrons. The standard InChI is InChI=1S/C11H18N2O2/c1-14-6-5-13-8-9-3-4-10(12)7-11(9)15-2/h3-4,7,13H,5-6,8,12H2,1-2H3. The molecule has 0 heterocycles. The lowest BCUT2D eigenvalue weighted by molar-refractivity contribution is 0.199. The molecule has 3 N–H and O–H groups in total. The van der Waals surface area contributed by atoms with Gasteiger partial charge in [0, 0.05) is 37.5 Å². The number of hydrogen-bond acceptors (Lipinski definition) is 4. The van der Waals surface area contributed by atoms with Crippen molar-refractivity contribution in [1.82, 2.24) is 5.32 Å². The second-order valence-corrected chi connectivity index (χ2v) is 3.24. The first-order valence-electron chi connectivity index (χ1n) is 4.90. The number of hydrogen-bond donors (Lipinski definition) is 2. The molecule has 0 aromatic heterocycles. The number of nitrogens with one attached hydrogen (secondary N) is 1. The zero-order valence-electron chi connectivity index (χ0n) is 9.25. The van der Waals surface area contributed by atoms with Crippen LogP contribution in [-0.2, 0) is 11.3 Å². The summed E-state index contributed by atoms with van der Waals surface area (Å²) < 4.78 is 10.2. The van der Waals surface area contributed by atoms with Crippen LogP contribution in [0.3, 0.4) is 0 Å². The average Bonchev–Trinajstić information content (AvgIpc) is 2.26. The lowest BCUT2D eigenvalue weighted by Gasteiger charge is -2.10. The van der Waals surface area contributed by atoms with Crippen LogP contribution in [0.15, 0.2) is 18.2 Å². The molecule has 1 aromatic rings. The van der Waals surface area contributed by atoms with Gasteiger partial charge in [-0.2, -0.15) is 0 Å². The van der Waals surface area contributed by atoms with Gasteiger partial charge in [0.15, 0.2) is 0 Å². The van der Waals surface area contributed by atoms with Gasteiger partial charge in [-0.15, -0.1) is 0 Å². The van der Waals surface area contributed by atoms with Gasteiger partial charge in [0.2, 0.25) is 0 Å². The van der Waals surface area contributed by atoms with Crippen LogP contribution in [0, 0.1) is 0 Å². The van der Waals surface area contributed by atoms with E-state index in [1.165, 1.54) is 0 Å². The molecule has 15 heavy (non-hydrogen) atoms. The van der Waals surface area contributed by atoms with Gasteiger partial charge in [-0.25, -0.2) is 0 Å². The monoisotopic (exact) mass is 210 g/mol. The van der Waals surface area contributed by atoms with Crippen LogP contribution < -0.4 is 15.8 Å². The van der Waals surface area contributed by atoms with E-state index in [1.807, 2.05) is 18.2 Å². The number of rotatable bonds is 6. The SMILES string of the molecule is COCCNCc1ccc(N)cc1OC. The predicted molar refractivity (Wildman–Crippen MR) is 61.0 cm³/mol. The molecular formula is C11H18N2O2. The highest BCUT2D eigenvalue weighted by Gasteiger charge is 2.02. The zero-order valence-corrected chi connectivity index (χ0v) is 9.25. The van der Waals surface area contributed by atoms with Crippen molar-refractivity contribution < 1.29 is 9.47 Å². The molecule has 0 unspecified atom stereocenters. The summed E-state index contributed by atoms with van der Waals surface area (Å²) in [7, 11) is 3.33. The minimum absolute atomic E-state index is 0.706. The fourth-order valence-corrected chi connectivity index (χ4v) is 1.30. The van der Waals surface area contributed by atoms with Gasteiger partial charge < -0.3 is 20.5 Å². The molecule has 0 fully saturated rings. The highest BCUT2D eigenvalue weighted by molar-refractivity contribution is 5.48. The van der Waals surface area contributed by atoms with Crippen LogP contribution in [0.1, 0.15) is 5.56 Å². The van der Waals surface area contributed by atoms with Crippen molar-refractivity contribution in [2.24, 2.45) is 0 Å². The van der Waals surface area contributed by atoms with Gasteiger partial charge >= 0.3 is 0 Å². The molecule has 0 aliphatic rings. The molecule has 84 valence electrons. The van der Waals surface area contributed by atoms with E-state index < -0.39 is 0 Å². The van der Waals surface area contributed by atoms with Crippen molar-refractivity contribution in [3.8, 4) is 5.75 Å².